The third-order valence-corrected chi connectivity index (χ3v) is 2.27. The van der Waals surface area contributed by atoms with Gasteiger partial charge in [-0.15, -0.1) is 0 Å². The molecule has 0 spiro atoms. The molecule has 86 valence electrons. The van der Waals surface area contributed by atoms with E-state index in [4.69, 9.17) is 5.73 Å². The first kappa shape index (κ1) is 11.9. The van der Waals surface area contributed by atoms with Crippen LogP contribution in [0.2, 0.25) is 0 Å². The molecule has 0 aromatic carbocycles. The van der Waals surface area contributed by atoms with Crippen LogP contribution >= 0.6 is 0 Å². The lowest BCUT2D eigenvalue weighted by molar-refractivity contribution is -0.128. The molecule has 2 amide bonds. The molecule has 1 aliphatic rings. The Hall–Kier alpha value is -1.14. The summed E-state index contributed by atoms with van der Waals surface area (Å²) in [5, 5.41) is 4.31. The van der Waals surface area contributed by atoms with E-state index in [2.05, 4.69) is 10.7 Å². The van der Waals surface area contributed by atoms with E-state index in [0.717, 1.165) is 25.9 Å². The molecule has 0 aliphatic carbocycles. The molecule has 0 aromatic rings. The number of nitrogens with two attached hydrogens (primary N) is 1. The highest BCUT2D eigenvalue weighted by Crippen LogP contribution is 2.05. The SMILES string of the molecule is NCC(=O)NCC(=O)NN1CCCCC1. The number of hydrogen-bond donors (Lipinski definition) is 3. The molecule has 1 aliphatic heterocycles. The second-order valence-corrected chi connectivity index (χ2v) is 3.56. The van der Waals surface area contributed by atoms with Crippen LogP contribution in [0, 0.1) is 0 Å². The van der Waals surface area contributed by atoms with Crippen molar-refractivity contribution >= 4 is 11.8 Å². The topological polar surface area (TPSA) is 87.5 Å². The van der Waals surface area contributed by atoms with Crippen molar-refractivity contribution < 1.29 is 9.59 Å². The molecule has 15 heavy (non-hydrogen) atoms. The maximum absolute atomic E-state index is 11.3. The highest BCUT2D eigenvalue weighted by Gasteiger charge is 2.12. The zero-order valence-electron chi connectivity index (χ0n) is 8.79. The second kappa shape index (κ2) is 6.36. The number of hydrazine groups is 1. The number of carbonyl (C=O) groups is 2. The van der Waals surface area contributed by atoms with Crippen LogP contribution in [0.3, 0.4) is 0 Å². The molecule has 0 radical (unpaired) electrons. The average molecular weight is 214 g/mol. The normalized spacial score (nSPS) is 17.1. The molecule has 0 unspecified atom stereocenters. The molecule has 0 aromatic heterocycles. The van der Waals surface area contributed by atoms with Crippen molar-refractivity contribution in [1.82, 2.24) is 15.8 Å². The highest BCUT2D eigenvalue weighted by molar-refractivity contribution is 5.85. The molecule has 0 bridgehead atoms. The van der Waals surface area contributed by atoms with Gasteiger partial charge >= 0.3 is 0 Å². The van der Waals surface area contributed by atoms with E-state index in [1.54, 1.807) is 0 Å². The van der Waals surface area contributed by atoms with E-state index in [-0.39, 0.29) is 24.9 Å². The van der Waals surface area contributed by atoms with E-state index in [9.17, 15) is 9.59 Å². The van der Waals surface area contributed by atoms with E-state index < -0.39 is 0 Å². The van der Waals surface area contributed by atoms with Crippen molar-refractivity contribution in [2.45, 2.75) is 19.3 Å². The number of hydrogen-bond acceptors (Lipinski definition) is 4. The number of nitrogens with zero attached hydrogens (tertiary/aromatic N) is 1. The van der Waals surface area contributed by atoms with Crippen LogP contribution in [0.5, 0.6) is 0 Å². The monoisotopic (exact) mass is 214 g/mol. The maximum atomic E-state index is 11.3. The van der Waals surface area contributed by atoms with Gasteiger partial charge in [0.25, 0.3) is 5.91 Å². The molecular weight excluding hydrogens is 196 g/mol. The summed E-state index contributed by atoms with van der Waals surface area (Å²) in [6.45, 7) is 1.68. The Morgan fingerprint density at radius 2 is 1.80 bits per heavy atom. The number of nitrogens with one attached hydrogen (secondary N) is 2. The predicted molar refractivity (Wildman–Crippen MR) is 55.6 cm³/mol. The van der Waals surface area contributed by atoms with Crippen LogP contribution in [-0.4, -0.2) is 43.0 Å². The maximum Gasteiger partial charge on any atom is 0.253 e. The number of amides is 2. The largest absolute Gasteiger partial charge is 0.346 e. The molecule has 4 N–H and O–H groups in total. The fraction of sp³-hybridized carbons (Fsp3) is 0.778. The van der Waals surface area contributed by atoms with Crippen molar-refractivity contribution in [3.63, 3.8) is 0 Å². The van der Waals surface area contributed by atoms with Gasteiger partial charge in [-0.1, -0.05) is 6.42 Å². The molecule has 1 rings (SSSR count). The van der Waals surface area contributed by atoms with E-state index in [0.29, 0.717) is 0 Å². The first-order valence-electron chi connectivity index (χ1n) is 5.23. The average Bonchev–Trinajstić information content (AvgIpc) is 2.27. The van der Waals surface area contributed by atoms with Gasteiger partial charge in [-0.25, -0.2) is 5.01 Å². The van der Waals surface area contributed by atoms with Gasteiger partial charge in [-0.3, -0.25) is 15.0 Å². The van der Waals surface area contributed by atoms with Crippen LogP contribution in [-0.2, 0) is 9.59 Å². The van der Waals surface area contributed by atoms with Gasteiger partial charge < -0.3 is 11.1 Å². The predicted octanol–water partition coefficient (Wildman–Crippen LogP) is -1.42. The molecule has 0 atom stereocenters. The Balaban J connectivity index is 2.14. The zero-order chi connectivity index (χ0) is 11.1. The van der Waals surface area contributed by atoms with Crippen molar-refractivity contribution in [2.75, 3.05) is 26.2 Å². The molecule has 1 heterocycles. The van der Waals surface area contributed by atoms with Crippen LogP contribution < -0.4 is 16.5 Å². The third kappa shape index (κ3) is 4.75. The van der Waals surface area contributed by atoms with Crippen LogP contribution in [0.15, 0.2) is 0 Å². The third-order valence-electron chi connectivity index (χ3n) is 2.27. The minimum Gasteiger partial charge on any atom is -0.346 e. The number of rotatable bonds is 4. The summed E-state index contributed by atoms with van der Waals surface area (Å²) < 4.78 is 0. The Kier molecular flexibility index (Phi) is 5.06. The van der Waals surface area contributed by atoms with Gasteiger partial charge in [0.2, 0.25) is 5.91 Å². The Morgan fingerprint density at radius 3 is 2.40 bits per heavy atom. The van der Waals surface area contributed by atoms with Crippen LogP contribution in [0.25, 0.3) is 0 Å². The van der Waals surface area contributed by atoms with Gasteiger partial charge in [-0.2, -0.15) is 0 Å². The fourth-order valence-corrected chi connectivity index (χ4v) is 1.47. The minimum atomic E-state index is -0.316. The van der Waals surface area contributed by atoms with Crippen molar-refractivity contribution in [2.24, 2.45) is 5.73 Å². The Labute approximate surface area is 89.1 Å². The minimum absolute atomic E-state index is 0.00741. The van der Waals surface area contributed by atoms with Crippen molar-refractivity contribution in [3.05, 3.63) is 0 Å². The first-order valence-corrected chi connectivity index (χ1v) is 5.23. The molecule has 0 saturated carbocycles. The summed E-state index contributed by atoms with van der Waals surface area (Å²) in [6.07, 6.45) is 3.43. The molecular formula is C9H18N4O2. The van der Waals surface area contributed by atoms with E-state index in [1.807, 2.05) is 5.01 Å². The Morgan fingerprint density at radius 1 is 1.13 bits per heavy atom. The summed E-state index contributed by atoms with van der Waals surface area (Å²) in [4.78, 5) is 22.1. The van der Waals surface area contributed by atoms with Crippen LogP contribution in [0.1, 0.15) is 19.3 Å². The number of carbonyl (C=O) groups excluding carboxylic acids is 2. The summed E-state index contributed by atoms with van der Waals surface area (Å²) >= 11 is 0. The first-order chi connectivity index (χ1) is 7.22. The van der Waals surface area contributed by atoms with E-state index >= 15 is 0 Å². The standard InChI is InChI=1S/C9H18N4O2/c10-6-8(14)11-7-9(15)12-13-4-2-1-3-5-13/h1-7,10H2,(H,11,14)(H,12,15). The fourth-order valence-electron chi connectivity index (χ4n) is 1.47. The summed E-state index contributed by atoms with van der Waals surface area (Å²) in [6, 6.07) is 0. The molecule has 1 fully saturated rings. The molecule has 6 heteroatoms. The van der Waals surface area contributed by atoms with Crippen molar-refractivity contribution in [3.8, 4) is 0 Å². The van der Waals surface area contributed by atoms with Crippen molar-refractivity contribution in [1.29, 1.82) is 0 Å². The lowest BCUT2D eigenvalue weighted by atomic mass is 10.2. The van der Waals surface area contributed by atoms with Gasteiger partial charge in [0.15, 0.2) is 0 Å². The lowest BCUT2D eigenvalue weighted by Crippen LogP contribution is -2.49. The second-order valence-electron chi connectivity index (χ2n) is 3.56. The highest BCUT2D eigenvalue weighted by atomic mass is 16.2. The summed E-state index contributed by atoms with van der Waals surface area (Å²) in [5.41, 5.74) is 7.83. The number of piperidine rings is 1. The molecule has 1 saturated heterocycles. The smallest absolute Gasteiger partial charge is 0.253 e. The van der Waals surface area contributed by atoms with Gasteiger partial charge in [0.05, 0.1) is 13.1 Å². The van der Waals surface area contributed by atoms with Gasteiger partial charge in [0, 0.05) is 13.1 Å². The lowest BCUT2D eigenvalue weighted by Gasteiger charge is -2.26. The van der Waals surface area contributed by atoms with E-state index in [1.165, 1.54) is 6.42 Å². The van der Waals surface area contributed by atoms with Gasteiger partial charge in [0.1, 0.15) is 0 Å². The summed E-state index contributed by atoms with van der Waals surface area (Å²) in [7, 11) is 0. The zero-order valence-corrected chi connectivity index (χ0v) is 8.79. The Bertz CT molecular complexity index is 226. The van der Waals surface area contributed by atoms with Gasteiger partial charge in [-0.05, 0) is 12.8 Å². The quantitative estimate of drug-likeness (QED) is 0.536. The summed E-state index contributed by atoms with van der Waals surface area (Å²) in [5.74, 6) is -0.512. The van der Waals surface area contributed by atoms with Crippen LogP contribution in [0.4, 0.5) is 0 Å². The molecule has 6 nitrogen and oxygen atoms in total.